The van der Waals surface area contributed by atoms with Gasteiger partial charge in [-0.3, -0.25) is 0 Å². The molecule has 3 rings (SSSR count). The Hall–Kier alpha value is -3.01. The number of aryl methyl sites for hydroxylation is 1. The van der Waals surface area contributed by atoms with Crippen molar-refractivity contribution in [3.63, 3.8) is 0 Å². The first-order chi connectivity index (χ1) is 12.6. The van der Waals surface area contributed by atoms with E-state index in [1.807, 2.05) is 25.1 Å². The molecule has 3 aromatic rings. The first-order valence-corrected chi connectivity index (χ1v) is 8.38. The summed E-state index contributed by atoms with van der Waals surface area (Å²) >= 11 is 0. The van der Waals surface area contributed by atoms with E-state index >= 15 is 0 Å². The molecule has 0 radical (unpaired) electrons. The van der Waals surface area contributed by atoms with Gasteiger partial charge in [0.05, 0.1) is 5.56 Å². The van der Waals surface area contributed by atoms with Gasteiger partial charge in [0, 0.05) is 0 Å². The van der Waals surface area contributed by atoms with E-state index in [1.165, 1.54) is 12.1 Å². The third-order valence-electron chi connectivity index (χ3n) is 4.08. The Balaban J connectivity index is 1.73. The van der Waals surface area contributed by atoms with Crippen molar-refractivity contribution in [1.82, 2.24) is 0 Å². The van der Waals surface area contributed by atoms with Crippen molar-refractivity contribution in [2.75, 3.05) is 0 Å². The molecule has 0 unspecified atom stereocenters. The highest BCUT2D eigenvalue weighted by atomic mass is 19.2. The van der Waals surface area contributed by atoms with Gasteiger partial charge in [-0.25, -0.2) is 13.6 Å². The van der Waals surface area contributed by atoms with Crippen LogP contribution in [0.2, 0.25) is 0 Å². The van der Waals surface area contributed by atoms with E-state index in [0.717, 1.165) is 30.5 Å². The number of esters is 1. The van der Waals surface area contributed by atoms with Crippen LogP contribution < -0.4 is 4.74 Å². The third-order valence-corrected chi connectivity index (χ3v) is 4.08. The van der Waals surface area contributed by atoms with Gasteiger partial charge in [0.25, 0.3) is 0 Å². The van der Waals surface area contributed by atoms with Crippen molar-refractivity contribution in [2.45, 2.75) is 19.8 Å². The average molecular weight is 352 g/mol. The second kappa shape index (κ2) is 7.91. The fourth-order valence-corrected chi connectivity index (χ4v) is 2.68. The number of carbonyl (C=O) groups is 1. The molecule has 26 heavy (non-hydrogen) atoms. The van der Waals surface area contributed by atoms with Crippen LogP contribution in [0.1, 0.15) is 29.3 Å². The first-order valence-electron chi connectivity index (χ1n) is 8.38. The number of carbonyl (C=O) groups excluding carboxylic acids is 1. The minimum atomic E-state index is -0.948. The van der Waals surface area contributed by atoms with Crippen LogP contribution in [0.4, 0.5) is 8.78 Å². The molecule has 0 saturated heterocycles. The van der Waals surface area contributed by atoms with Crippen LogP contribution in [0.25, 0.3) is 10.8 Å². The van der Waals surface area contributed by atoms with Gasteiger partial charge in [0.1, 0.15) is 5.75 Å². The molecular weight excluding hydrogens is 334 g/mol. The van der Waals surface area contributed by atoms with E-state index in [0.29, 0.717) is 16.5 Å². The minimum Gasteiger partial charge on any atom is -0.423 e. The number of fused-ring (bicyclic) bond motifs is 1. The Labute approximate surface area is 150 Å². The molecule has 0 bridgehead atoms. The van der Waals surface area contributed by atoms with Crippen LogP contribution in [-0.4, -0.2) is 5.97 Å². The highest BCUT2D eigenvalue weighted by Gasteiger charge is 2.11. The molecule has 0 N–H and O–H groups in total. The Kier molecular flexibility index (Phi) is 5.42. The van der Waals surface area contributed by atoms with Crippen molar-refractivity contribution in [1.29, 1.82) is 0 Å². The molecule has 0 atom stereocenters. The number of hydrogen-bond acceptors (Lipinski definition) is 2. The topological polar surface area (TPSA) is 26.3 Å². The standard InChI is InChI=1S/C22H18F2O2/c1-2-3-4-5-15-6-10-19(11-7-15)26-22(25)17-9-8-16-13-20(23)21(24)14-18(16)12-17/h2-3,6-14H,4-5H2,1H3/b3-2+. The lowest BCUT2D eigenvalue weighted by Gasteiger charge is -2.07. The average Bonchev–Trinajstić information content (AvgIpc) is 2.64. The molecule has 4 heteroatoms. The van der Waals surface area contributed by atoms with Gasteiger partial charge in [0.2, 0.25) is 0 Å². The Bertz CT molecular complexity index is 960. The van der Waals surface area contributed by atoms with Gasteiger partial charge in [-0.15, -0.1) is 0 Å². The summed E-state index contributed by atoms with van der Waals surface area (Å²) in [7, 11) is 0. The largest absolute Gasteiger partial charge is 0.423 e. The summed E-state index contributed by atoms with van der Waals surface area (Å²) in [5.41, 5.74) is 1.44. The van der Waals surface area contributed by atoms with Crippen molar-refractivity contribution in [3.8, 4) is 5.75 Å². The maximum absolute atomic E-state index is 13.4. The monoisotopic (exact) mass is 352 g/mol. The smallest absolute Gasteiger partial charge is 0.343 e. The van der Waals surface area contributed by atoms with Crippen LogP contribution in [0.15, 0.2) is 66.7 Å². The lowest BCUT2D eigenvalue weighted by molar-refractivity contribution is 0.0735. The maximum Gasteiger partial charge on any atom is 0.343 e. The fraction of sp³-hybridized carbons (Fsp3) is 0.136. The summed E-state index contributed by atoms with van der Waals surface area (Å²) in [6, 6.07) is 14.1. The highest BCUT2D eigenvalue weighted by molar-refractivity contribution is 5.96. The van der Waals surface area contributed by atoms with E-state index in [2.05, 4.69) is 6.08 Å². The molecule has 0 fully saturated rings. The molecule has 0 heterocycles. The molecular formula is C22H18F2O2. The molecule has 0 amide bonds. The Morgan fingerprint density at radius 2 is 1.65 bits per heavy atom. The summed E-state index contributed by atoms with van der Waals surface area (Å²) in [6.07, 6.45) is 6.00. The molecule has 132 valence electrons. The molecule has 3 aromatic carbocycles. The second-order valence-electron chi connectivity index (χ2n) is 5.97. The first kappa shape index (κ1) is 17.8. The Morgan fingerprint density at radius 1 is 0.962 bits per heavy atom. The highest BCUT2D eigenvalue weighted by Crippen LogP contribution is 2.21. The number of ether oxygens (including phenoxy) is 1. The summed E-state index contributed by atoms with van der Waals surface area (Å²) in [5.74, 6) is -1.97. The predicted octanol–water partition coefficient (Wildman–Crippen LogP) is 5.85. The molecule has 0 aromatic heterocycles. The van der Waals surface area contributed by atoms with Gasteiger partial charge < -0.3 is 4.74 Å². The SMILES string of the molecule is C/C=C/CCc1ccc(OC(=O)c2ccc3cc(F)c(F)cc3c2)cc1. The molecule has 0 aliphatic rings. The van der Waals surface area contributed by atoms with E-state index in [-0.39, 0.29) is 5.56 Å². The number of hydrogen-bond donors (Lipinski definition) is 0. The van der Waals surface area contributed by atoms with Crippen LogP contribution in [-0.2, 0) is 6.42 Å². The van der Waals surface area contributed by atoms with Crippen LogP contribution in [0.5, 0.6) is 5.75 Å². The summed E-state index contributed by atoms with van der Waals surface area (Å²) in [4.78, 5) is 12.3. The third kappa shape index (κ3) is 4.14. The van der Waals surface area contributed by atoms with Gasteiger partial charge >= 0.3 is 5.97 Å². The second-order valence-corrected chi connectivity index (χ2v) is 5.97. The van der Waals surface area contributed by atoms with Gasteiger partial charge in [-0.1, -0.05) is 30.4 Å². The number of allylic oxidation sites excluding steroid dienone is 2. The molecule has 0 spiro atoms. The lowest BCUT2D eigenvalue weighted by Crippen LogP contribution is -2.08. The minimum absolute atomic E-state index is 0.278. The zero-order valence-electron chi connectivity index (χ0n) is 14.3. The van der Waals surface area contributed by atoms with Crippen molar-refractivity contribution >= 4 is 16.7 Å². The van der Waals surface area contributed by atoms with Crippen LogP contribution in [0, 0.1) is 11.6 Å². The number of halogens is 2. The summed E-state index contributed by atoms with van der Waals surface area (Å²) in [5, 5.41) is 0.962. The predicted molar refractivity (Wildman–Crippen MR) is 98.4 cm³/mol. The van der Waals surface area contributed by atoms with Gasteiger partial charge in [0.15, 0.2) is 11.6 Å². The van der Waals surface area contributed by atoms with Crippen LogP contribution in [0.3, 0.4) is 0 Å². The van der Waals surface area contributed by atoms with E-state index in [9.17, 15) is 13.6 Å². The zero-order chi connectivity index (χ0) is 18.5. The van der Waals surface area contributed by atoms with Gasteiger partial charge in [-0.2, -0.15) is 0 Å². The summed E-state index contributed by atoms with van der Waals surface area (Å²) < 4.78 is 32.0. The molecule has 0 saturated carbocycles. The maximum atomic E-state index is 13.4. The molecule has 0 aliphatic carbocycles. The molecule has 0 aliphatic heterocycles. The number of rotatable bonds is 5. The van der Waals surface area contributed by atoms with E-state index < -0.39 is 17.6 Å². The van der Waals surface area contributed by atoms with Gasteiger partial charge in [-0.05, 0) is 72.5 Å². The van der Waals surface area contributed by atoms with Crippen molar-refractivity contribution in [3.05, 3.63) is 89.5 Å². The Morgan fingerprint density at radius 3 is 2.35 bits per heavy atom. The normalized spacial score (nSPS) is 11.2. The lowest BCUT2D eigenvalue weighted by atomic mass is 10.1. The zero-order valence-corrected chi connectivity index (χ0v) is 14.3. The van der Waals surface area contributed by atoms with E-state index in [1.54, 1.807) is 18.2 Å². The fourth-order valence-electron chi connectivity index (χ4n) is 2.68. The molecule has 2 nitrogen and oxygen atoms in total. The van der Waals surface area contributed by atoms with Crippen molar-refractivity contribution < 1.29 is 18.3 Å². The van der Waals surface area contributed by atoms with E-state index in [4.69, 9.17) is 4.74 Å². The van der Waals surface area contributed by atoms with Crippen LogP contribution >= 0.6 is 0 Å². The quantitative estimate of drug-likeness (QED) is 0.327. The summed E-state index contributed by atoms with van der Waals surface area (Å²) in [6.45, 7) is 1.99. The number of benzene rings is 3. The van der Waals surface area contributed by atoms with Crippen molar-refractivity contribution in [2.24, 2.45) is 0 Å².